The zero-order chi connectivity index (χ0) is 17.2. The largest absolute Gasteiger partial charge is 0.335 e. The Morgan fingerprint density at radius 3 is 2.64 bits per heavy atom. The minimum atomic E-state index is 0.167. The summed E-state index contributed by atoms with van der Waals surface area (Å²) in [6.45, 7) is 2.86. The molecule has 2 aliphatic carbocycles. The molecule has 132 valence electrons. The van der Waals surface area contributed by atoms with Crippen LogP contribution in [0.4, 0.5) is 0 Å². The van der Waals surface area contributed by atoms with Gasteiger partial charge in [-0.1, -0.05) is 19.3 Å². The van der Waals surface area contributed by atoms with Gasteiger partial charge in [0.15, 0.2) is 0 Å². The lowest BCUT2D eigenvalue weighted by atomic mass is 9.93. The highest BCUT2D eigenvalue weighted by Gasteiger charge is 2.32. The third kappa shape index (κ3) is 3.60. The molecule has 25 heavy (non-hydrogen) atoms. The van der Waals surface area contributed by atoms with Crippen LogP contribution in [0.15, 0.2) is 30.7 Å². The van der Waals surface area contributed by atoms with Gasteiger partial charge in [0.05, 0.1) is 0 Å². The second kappa shape index (κ2) is 6.98. The van der Waals surface area contributed by atoms with Gasteiger partial charge in [-0.25, -0.2) is 9.97 Å². The molecule has 0 saturated heterocycles. The number of pyridine rings is 1. The van der Waals surface area contributed by atoms with Gasteiger partial charge in [0.2, 0.25) is 0 Å². The Morgan fingerprint density at radius 2 is 1.96 bits per heavy atom. The molecule has 2 saturated carbocycles. The molecule has 0 atom stereocenters. The van der Waals surface area contributed by atoms with Crippen LogP contribution in [0.2, 0.25) is 0 Å². The fraction of sp³-hybridized carbons (Fsp3) is 0.550. The highest BCUT2D eigenvalue weighted by atomic mass is 16.2. The molecule has 0 spiro atoms. The second-order valence-corrected chi connectivity index (χ2v) is 7.44. The fourth-order valence-corrected chi connectivity index (χ4v) is 3.84. The monoisotopic (exact) mass is 338 g/mol. The molecule has 0 N–H and O–H groups in total. The molecule has 2 heterocycles. The van der Waals surface area contributed by atoms with Crippen LogP contribution in [0.25, 0.3) is 5.82 Å². The van der Waals surface area contributed by atoms with Crippen LogP contribution in [0.3, 0.4) is 0 Å². The summed E-state index contributed by atoms with van der Waals surface area (Å²) >= 11 is 0. The van der Waals surface area contributed by atoms with E-state index in [1.807, 2.05) is 29.8 Å². The lowest BCUT2D eigenvalue weighted by Gasteiger charge is -2.34. The van der Waals surface area contributed by atoms with E-state index in [2.05, 4.69) is 14.9 Å². The van der Waals surface area contributed by atoms with Gasteiger partial charge in [-0.05, 0) is 50.7 Å². The number of amides is 1. The SMILES string of the molecule is Cc1nccn1-c1cc(C(=O)N(CC2CC2)C2CCCCC2)ccn1. The van der Waals surface area contributed by atoms with Crippen LogP contribution >= 0.6 is 0 Å². The van der Waals surface area contributed by atoms with Crippen LogP contribution in [0.5, 0.6) is 0 Å². The maximum atomic E-state index is 13.3. The highest BCUT2D eigenvalue weighted by Crippen LogP contribution is 2.33. The third-order valence-electron chi connectivity index (χ3n) is 5.49. The van der Waals surface area contributed by atoms with Crippen molar-refractivity contribution in [2.45, 2.75) is 57.9 Å². The summed E-state index contributed by atoms with van der Waals surface area (Å²) in [7, 11) is 0. The molecule has 2 aromatic heterocycles. The van der Waals surface area contributed by atoms with Gasteiger partial charge in [-0.2, -0.15) is 0 Å². The van der Waals surface area contributed by atoms with Crippen molar-refractivity contribution in [1.82, 2.24) is 19.4 Å². The van der Waals surface area contributed by atoms with E-state index in [0.29, 0.717) is 12.0 Å². The lowest BCUT2D eigenvalue weighted by Crippen LogP contribution is -2.42. The Kier molecular flexibility index (Phi) is 4.55. The molecule has 1 amide bonds. The lowest BCUT2D eigenvalue weighted by molar-refractivity contribution is 0.0622. The molecule has 5 nitrogen and oxygen atoms in total. The van der Waals surface area contributed by atoms with E-state index in [0.717, 1.165) is 36.6 Å². The number of carbonyl (C=O) groups is 1. The molecule has 0 bridgehead atoms. The number of hydrogen-bond donors (Lipinski definition) is 0. The molecular formula is C20H26N4O. The number of aryl methyl sites for hydroxylation is 1. The van der Waals surface area contributed by atoms with Crippen LogP contribution in [-0.4, -0.2) is 37.9 Å². The molecule has 2 fully saturated rings. The number of nitrogens with zero attached hydrogens (tertiary/aromatic N) is 4. The maximum Gasteiger partial charge on any atom is 0.254 e. The van der Waals surface area contributed by atoms with Gasteiger partial charge in [0.1, 0.15) is 11.6 Å². The van der Waals surface area contributed by atoms with Crippen LogP contribution < -0.4 is 0 Å². The highest BCUT2D eigenvalue weighted by molar-refractivity contribution is 5.94. The quantitative estimate of drug-likeness (QED) is 0.834. The molecule has 0 aliphatic heterocycles. The van der Waals surface area contributed by atoms with Crippen molar-refractivity contribution in [2.75, 3.05) is 6.54 Å². The summed E-state index contributed by atoms with van der Waals surface area (Å²) in [5.41, 5.74) is 0.740. The van der Waals surface area contributed by atoms with Gasteiger partial charge < -0.3 is 4.90 Å². The molecule has 5 heteroatoms. The maximum absolute atomic E-state index is 13.3. The van der Waals surface area contributed by atoms with Crippen molar-refractivity contribution < 1.29 is 4.79 Å². The van der Waals surface area contributed by atoms with Gasteiger partial charge >= 0.3 is 0 Å². The van der Waals surface area contributed by atoms with E-state index in [1.165, 1.54) is 32.1 Å². The standard InChI is InChI=1S/C20H26N4O/c1-15-21-11-12-23(15)19-13-17(9-10-22-19)20(25)24(14-16-7-8-16)18-5-3-2-4-6-18/h9-13,16,18H,2-8,14H2,1H3. The Labute approximate surface area is 149 Å². The molecule has 2 aromatic rings. The Balaban J connectivity index is 1.59. The first kappa shape index (κ1) is 16.3. The second-order valence-electron chi connectivity index (χ2n) is 7.44. The van der Waals surface area contributed by atoms with E-state index in [-0.39, 0.29) is 5.91 Å². The van der Waals surface area contributed by atoms with Gasteiger partial charge in [0.25, 0.3) is 5.91 Å². The molecule has 0 unspecified atom stereocenters. The third-order valence-corrected chi connectivity index (χ3v) is 5.49. The van der Waals surface area contributed by atoms with Crippen LogP contribution in [0, 0.1) is 12.8 Å². The average molecular weight is 338 g/mol. The molecular weight excluding hydrogens is 312 g/mol. The predicted molar refractivity (Wildman–Crippen MR) is 96.7 cm³/mol. The molecule has 2 aliphatic rings. The van der Waals surface area contributed by atoms with Crippen molar-refractivity contribution in [1.29, 1.82) is 0 Å². The summed E-state index contributed by atoms with van der Waals surface area (Å²) in [5.74, 6) is 2.51. The minimum absolute atomic E-state index is 0.167. The summed E-state index contributed by atoms with van der Waals surface area (Å²) in [5, 5.41) is 0. The van der Waals surface area contributed by atoms with E-state index >= 15 is 0 Å². The Bertz CT molecular complexity index is 744. The summed E-state index contributed by atoms with van der Waals surface area (Å²) in [4.78, 5) is 24.1. The zero-order valence-corrected chi connectivity index (χ0v) is 14.9. The summed E-state index contributed by atoms with van der Waals surface area (Å²) in [6, 6.07) is 4.16. The van der Waals surface area contributed by atoms with Crippen molar-refractivity contribution in [3.05, 3.63) is 42.1 Å². The number of imidazole rings is 1. The van der Waals surface area contributed by atoms with E-state index in [1.54, 1.807) is 12.4 Å². The number of aromatic nitrogens is 3. The van der Waals surface area contributed by atoms with Gasteiger partial charge in [0, 0.05) is 36.7 Å². The number of carbonyl (C=O) groups excluding carboxylic acids is 1. The topological polar surface area (TPSA) is 51.0 Å². The first-order valence-electron chi connectivity index (χ1n) is 9.50. The zero-order valence-electron chi connectivity index (χ0n) is 14.9. The van der Waals surface area contributed by atoms with Gasteiger partial charge in [-0.3, -0.25) is 9.36 Å². The minimum Gasteiger partial charge on any atom is -0.335 e. The average Bonchev–Trinajstić information content (AvgIpc) is 3.38. The number of rotatable bonds is 5. The van der Waals surface area contributed by atoms with Crippen LogP contribution in [0.1, 0.15) is 61.1 Å². The Hall–Kier alpha value is -2.17. The van der Waals surface area contributed by atoms with Crippen molar-refractivity contribution in [2.24, 2.45) is 5.92 Å². The Morgan fingerprint density at radius 1 is 1.16 bits per heavy atom. The van der Waals surface area contributed by atoms with Gasteiger partial charge in [-0.15, -0.1) is 0 Å². The van der Waals surface area contributed by atoms with E-state index < -0.39 is 0 Å². The van der Waals surface area contributed by atoms with Crippen LogP contribution in [-0.2, 0) is 0 Å². The van der Waals surface area contributed by atoms with E-state index in [4.69, 9.17) is 0 Å². The summed E-state index contributed by atoms with van der Waals surface area (Å²) < 4.78 is 1.92. The van der Waals surface area contributed by atoms with Crippen molar-refractivity contribution in [3.63, 3.8) is 0 Å². The number of hydrogen-bond acceptors (Lipinski definition) is 3. The van der Waals surface area contributed by atoms with Crippen molar-refractivity contribution in [3.8, 4) is 5.82 Å². The smallest absolute Gasteiger partial charge is 0.254 e. The van der Waals surface area contributed by atoms with E-state index in [9.17, 15) is 4.79 Å². The summed E-state index contributed by atoms with van der Waals surface area (Å²) in [6.07, 6.45) is 14.0. The first-order chi connectivity index (χ1) is 12.2. The molecule has 4 rings (SSSR count). The predicted octanol–water partition coefficient (Wildman–Crippen LogP) is 3.76. The van der Waals surface area contributed by atoms with Crippen molar-refractivity contribution >= 4 is 5.91 Å². The fourth-order valence-electron chi connectivity index (χ4n) is 3.84. The normalized spacial score (nSPS) is 18.3. The molecule has 0 aromatic carbocycles. The first-order valence-corrected chi connectivity index (χ1v) is 9.50. The molecule has 0 radical (unpaired) electrons.